The van der Waals surface area contributed by atoms with Crippen LogP contribution in [0.5, 0.6) is 0 Å². The van der Waals surface area contributed by atoms with Crippen LogP contribution in [0.3, 0.4) is 0 Å². The summed E-state index contributed by atoms with van der Waals surface area (Å²) in [6.45, 7) is 0. The minimum Gasteiger partial charge on any atom is -0.323 e. The molecule has 1 saturated heterocycles. The van der Waals surface area contributed by atoms with E-state index in [2.05, 4.69) is 0 Å². The molecule has 82 valence electrons. The summed E-state index contributed by atoms with van der Waals surface area (Å²) in [5.41, 5.74) is 7.28. The van der Waals surface area contributed by atoms with E-state index in [1.807, 2.05) is 30.0 Å². The maximum Gasteiger partial charge on any atom is 0.0595 e. The zero-order valence-corrected chi connectivity index (χ0v) is 10.6. The molecule has 0 radical (unpaired) electrons. The molecular weight excluding hydrogens is 249 g/mol. The maximum absolute atomic E-state index is 6.20. The molecule has 1 aromatic rings. The predicted molar refractivity (Wildman–Crippen MR) is 68.9 cm³/mol. The lowest BCUT2D eigenvalue weighted by atomic mass is 10.0. The van der Waals surface area contributed by atoms with Gasteiger partial charge in [0.2, 0.25) is 0 Å². The van der Waals surface area contributed by atoms with Crippen LogP contribution in [0.25, 0.3) is 0 Å². The molecule has 2 atom stereocenters. The van der Waals surface area contributed by atoms with Gasteiger partial charge >= 0.3 is 0 Å². The average Bonchev–Trinajstić information content (AvgIpc) is 2.74. The van der Waals surface area contributed by atoms with Crippen molar-refractivity contribution in [2.45, 2.75) is 24.1 Å². The molecule has 1 fully saturated rings. The number of halogens is 2. The van der Waals surface area contributed by atoms with E-state index >= 15 is 0 Å². The monoisotopic (exact) mass is 261 g/mol. The third-order valence-corrected chi connectivity index (χ3v) is 4.91. The van der Waals surface area contributed by atoms with Crippen LogP contribution < -0.4 is 5.73 Å². The summed E-state index contributed by atoms with van der Waals surface area (Å²) < 4.78 is 0. The van der Waals surface area contributed by atoms with Gasteiger partial charge in [-0.3, -0.25) is 0 Å². The van der Waals surface area contributed by atoms with E-state index in [0.29, 0.717) is 15.3 Å². The Morgan fingerprint density at radius 3 is 2.73 bits per heavy atom. The second-order valence-corrected chi connectivity index (χ2v) is 5.91. The maximum atomic E-state index is 6.20. The summed E-state index contributed by atoms with van der Waals surface area (Å²) in [6, 6.07) is 5.75. The lowest BCUT2D eigenvalue weighted by Crippen LogP contribution is -2.21. The van der Waals surface area contributed by atoms with Gasteiger partial charge in [-0.1, -0.05) is 29.3 Å². The Morgan fingerprint density at radius 1 is 1.33 bits per heavy atom. The third-order valence-electron chi connectivity index (χ3n) is 2.69. The molecule has 2 N–H and O–H groups in total. The van der Waals surface area contributed by atoms with Gasteiger partial charge < -0.3 is 5.73 Å². The van der Waals surface area contributed by atoms with Crippen LogP contribution in [0.4, 0.5) is 0 Å². The zero-order valence-electron chi connectivity index (χ0n) is 8.25. The molecule has 0 spiro atoms. The number of benzene rings is 1. The van der Waals surface area contributed by atoms with Gasteiger partial charge in [-0.15, -0.1) is 0 Å². The van der Waals surface area contributed by atoms with Crippen molar-refractivity contribution in [1.82, 2.24) is 0 Å². The third kappa shape index (κ3) is 2.62. The smallest absolute Gasteiger partial charge is 0.0595 e. The molecule has 1 aromatic carbocycles. The van der Waals surface area contributed by atoms with Crippen molar-refractivity contribution in [1.29, 1.82) is 0 Å². The number of hydrogen-bond acceptors (Lipinski definition) is 2. The van der Waals surface area contributed by atoms with Crippen molar-refractivity contribution >= 4 is 35.0 Å². The molecule has 0 bridgehead atoms. The van der Waals surface area contributed by atoms with Crippen LogP contribution in [0.15, 0.2) is 18.2 Å². The van der Waals surface area contributed by atoms with Crippen molar-refractivity contribution in [3.8, 4) is 0 Å². The highest BCUT2D eigenvalue weighted by Crippen LogP contribution is 2.36. The highest BCUT2D eigenvalue weighted by Gasteiger charge is 2.24. The Morgan fingerprint density at radius 2 is 2.13 bits per heavy atom. The molecule has 15 heavy (non-hydrogen) atoms. The first-order chi connectivity index (χ1) is 7.18. The van der Waals surface area contributed by atoms with Crippen LogP contribution in [0, 0.1) is 0 Å². The number of rotatable bonds is 2. The van der Waals surface area contributed by atoms with Crippen molar-refractivity contribution in [2.75, 3.05) is 5.75 Å². The Labute approximate surface area is 104 Å². The van der Waals surface area contributed by atoms with E-state index in [1.165, 1.54) is 18.6 Å². The van der Waals surface area contributed by atoms with E-state index < -0.39 is 0 Å². The van der Waals surface area contributed by atoms with Gasteiger partial charge in [0.15, 0.2) is 0 Å². The van der Waals surface area contributed by atoms with Crippen molar-refractivity contribution < 1.29 is 0 Å². The van der Waals surface area contributed by atoms with Crippen molar-refractivity contribution in [3.05, 3.63) is 33.8 Å². The largest absolute Gasteiger partial charge is 0.323 e. The van der Waals surface area contributed by atoms with Crippen LogP contribution in [0.1, 0.15) is 24.4 Å². The molecular formula is C11H13Cl2NS. The van der Waals surface area contributed by atoms with E-state index in [1.54, 1.807) is 0 Å². The van der Waals surface area contributed by atoms with Crippen LogP contribution in [0.2, 0.25) is 10.0 Å². The number of nitrogens with two attached hydrogens (primary N) is 1. The standard InChI is InChI=1S/C11H13Cl2NS/c12-8-4-3-7(6-9(8)13)11(14)10-2-1-5-15-10/h3-4,6,10-11H,1-2,5,14H2. The fourth-order valence-corrected chi connectivity index (χ4v) is 3.46. The molecule has 4 heteroatoms. The number of hydrogen-bond donors (Lipinski definition) is 1. The van der Waals surface area contributed by atoms with Crippen molar-refractivity contribution in [3.63, 3.8) is 0 Å². The molecule has 0 aliphatic carbocycles. The zero-order chi connectivity index (χ0) is 10.8. The topological polar surface area (TPSA) is 26.0 Å². The Balaban J connectivity index is 2.17. The number of thioether (sulfide) groups is 1. The highest BCUT2D eigenvalue weighted by atomic mass is 35.5. The van der Waals surface area contributed by atoms with E-state index in [-0.39, 0.29) is 6.04 Å². The van der Waals surface area contributed by atoms with Gasteiger partial charge in [0.1, 0.15) is 0 Å². The summed E-state index contributed by atoms with van der Waals surface area (Å²) in [6.07, 6.45) is 2.47. The Hall–Kier alpha value is 0.110. The van der Waals surface area contributed by atoms with Crippen molar-refractivity contribution in [2.24, 2.45) is 5.73 Å². The molecule has 1 nitrogen and oxygen atoms in total. The molecule has 0 amide bonds. The van der Waals surface area contributed by atoms with Crippen LogP contribution in [-0.4, -0.2) is 11.0 Å². The first-order valence-corrected chi connectivity index (χ1v) is 6.81. The first-order valence-electron chi connectivity index (χ1n) is 5.00. The van der Waals surface area contributed by atoms with Gasteiger partial charge in [-0.05, 0) is 36.3 Å². The Kier molecular flexibility index (Phi) is 3.83. The molecule has 1 aliphatic rings. The molecule has 0 saturated carbocycles. The molecule has 1 aliphatic heterocycles. The predicted octanol–water partition coefficient (Wildman–Crippen LogP) is 3.89. The summed E-state index contributed by atoms with van der Waals surface area (Å²) >= 11 is 13.8. The Bertz CT molecular complexity index is 350. The second-order valence-electron chi connectivity index (χ2n) is 3.75. The lowest BCUT2D eigenvalue weighted by molar-refractivity contribution is 0.645. The van der Waals surface area contributed by atoms with Gasteiger partial charge in [-0.25, -0.2) is 0 Å². The second kappa shape index (κ2) is 4.96. The van der Waals surface area contributed by atoms with E-state index in [4.69, 9.17) is 28.9 Å². The quantitative estimate of drug-likeness (QED) is 0.875. The lowest BCUT2D eigenvalue weighted by Gasteiger charge is -2.18. The van der Waals surface area contributed by atoms with Crippen LogP contribution >= 0.6 is 35.0 Å². The fraction of sp³-hybridized carbons (Fsp3) is 0.455. The minimum absolute atomic E-state index is 0.0762. The van der Waals surface area contributed by atoms with E-state index in [0.717, 1.165) is 5.56 Å². The summed E-state index contributed by atoms with van der Waals surface area (Å²) in [4.78, 5) is 0. The highest BCUT2D eigenvalue weighted by molar-refractivity contribution is 8.00. The normalized spacial score (nSPS) is 23.0. The fourth-order valence-electron chi connectivity index (χ4n) is 1.82. The summed E-state index contributed by atoms with van der Waals surface area (Å²) in [7, 11) is 0. The first kappa shape index (κ1) is 11.6. The van der Waals surface area contributed by atoms with Gasteiger partial charge in [0.05, 0.1) is 10.0 Å². The summed E-state index contributed by atoms with van der Waals surface area (Å²) in [5.74, 6) is 1.22. The molecule has 0 aromatic heterocycles. The van der Waals surface area contributed by atoms with Gasteiger partial charge in [0.25, 0.3) is 0 Å². The van der Waals surface area contributed by atoms with E-state index in [9.17, 15) is 0 Å². The van der Waals surface area contributed by atoms with Crippen LogP contribution in [-0.2, 0) is 0 Å². The average molecular weight is 262 g/mol. The SMILES string of the molecule is NC(c1ccc(Cl)c(Cl)c1)C1CCCS1. The molecule has 2 unspecified atom stereocenters. The molecule has 1 heterocycles. The molecule has 2 rings (SSSR count). The summed E-state index contributed by atoms with van der Waals surface area (Å²) in [5, 5.41) is 1.71. The minimum atomic E-state index is 0.0762. The van der Waals surface area contributed by atoms with Gasteiger partial charge in [0, 0.05) is 11.3 Å². The van der Waals surface area contributed by atoms with Gasteiger partial charge in [-0.2, -0.15) is 11.8 Å².